The van der Waals surface area contributed by atoms with Gasteiger partial charge in [-0.1, -0.05) is 23.8 Å². The zero-order valence-corrected chi connectivity index (χ0v) is 16.7. The summed E-state index contributed by atoms with van der Waals surface area (Å²) in [6, 6.07) is 12.2. The molecule has 0 saturated carbocycles. The van der Waals surface area contributed by atoms with Crippen LogP contribution in [0, 0.1) is 12.7 Å². The molecule has 1 aliphatic rings. The van der Waals surface area contributed by atoms with Gasteiger partial charge >= 0.3 is 0 Å². The standard InChI is InChI=1S/C12H17FN2.C7H7ClO2S/c1-15(2)12-6-5-9(8-10(12)13)11-4-3-7-14-11;1-6-2-4-7(5-3-6)11(8,9)10/h5-6,8,11,14H,3-4,7H2,1-2H3;2-5H,1H3. The normalized spacial score (nSPS) is 16.7. The van der Waals surface area contributed by atoms with Gasteiger partial charge in [-0.15, -0.1) is 0 Å². The summed E-state index contributed by atoms with van der Waals surface area (Å²) in [5.41, 5.74) is 2.72. The molecule has 1 saturated heterocycles. The molecular formula is C19H24ClFN2O2S. The number of nitrogens with zero attached hydrogens (tertiary/aromatic N) is 1. The molecule has 0 amide bonds. The van der Waals surface area contributed by atoms with E-state index in [-0.39, 0.29) is 10.7 Å². The smallest absolute Gasteiger partial charge is 0.261 e. The topological polar surface area (TPSA) is 49.4 Å². The van der Waals surface area contributed by atoms with Crippen molar-refractivity contribution < 1.29 is 12.8 Å². The number of hydrogen-bond donors (Lipinski definition) is 1. The van der Waals surface area contributed by atoms with E-state index in [4.69, 9.17) is 10.7 Å². The molecule has 2 aromatic rings. The van der Waals surface area contributed by atoms with E-state index in [0.29, 0.717) is 11.7 Å². The Morgan fingerprint density at radius 3 is 2.27 bits per heavy atom. The third-order valence-electron chi connectivity index (χ3n) is 4.22. The van der Waals surface area contributed by atoms with Crippen molar-refractivity contribution in [1.29, 1.82) is 0 Å². The third kappa shape index (κ3) is 5.69. The molecular weight excluding hydrogens is 375 g/mol. The number of halogens is 2. The summed E-state index contributed by atoms with van der Waals surface area (Å²) in [5, 5.41) is 3.37. The summed E-state index contributed by atoms with van der Waals surface area (Å²) in [6.45, 7) is 2.92. The molecule has 4 nitrogen and oxygen atoms in total. The number of nitrogens with one attached hydrogen (secondary N) is 1. The quantitative estimate of drug-likeness (QED) is 0.785. The zero-order chi connectivity index (χ0) is 19.3. The van der Waals surface area contributed by atoms with E-state index in [1.807, 2.05) is 33.2 Å². The van der Waals surface area contributed by atoms with Gasteiger partial charge in [-0.2, -0.15) is 0 Å². The first-order chi connectivity index (χ1) is 12.2. The van der Waals surface area contributed by atoms with E-state index in [9.17, 15) is 12.8 Å². The summed E-state index contributed by atoms with van der Waals surface area (Å²) in [6.07, 6.45) is 2.29. The van der Waals surface area contributed by atoms with Gasteiger partial charge in [0.15, 0.2) is 0 Å². The van der Waals surface area contributed by atoms with Gasteiger partial charge in [-0.25, -0.2) is 12.8 Å². The minimum Gasteiger partial charge on any atom is -0.375 e. The van der Waals surface area contributed by atoms with Crippen molar-refractivity contribution in [3.63, 3.8) is 0 Å². The largest absolute Gasteiger partial charge is 0.375 e. The van der Waals surface area contributed by atoms with Crippen molar-refractivity contribution in [3.8, 4) is 0 Å². The van der Waals surface area contributed by atoms with E-state index in [0.717, 1.165) is 24.1 Å². The third-order valence-corrected chi connectivity index (χ3v) is 5.59. The van der Waals surface area contributed by atoms with E-state index in [1.165, 1.54) is 18.6 Å². The maximum absolute atomic E-state index is 13.7. The Bertz CT molecular complexity index is 833. The van der Waals surface area contributed by atoms with Crippen LogP contribution >= 0.6 is 10.7 Å². The summed E-state index contributed by atoms with van der Waals surface area (Å²) in [7, 11) is 5.24. The molecule has 3 rings (SSSR count). The van der Waals surface area contributed by atoms with Crippen molar-refractivity contribution in [2.75, 3.05) is 25.5 Å². The molecule has 26 heavy (non-hydrogen) atoms. The zero-order valence-electron chi connectivity index (χ0n) is 15.2. The Morgan fingerprint density at radius 2 is 1.81 bits per heavy atom. The second-order valence-corrected chi connectivity index (χ2v) is 9.07. The Kier molecular flexibility index (Phi) is 7.03. The monoisotopic (exact) mass is 398 g/mol. The van der Waals surface area contributed by atoms with Crippen LogP contribution in [-0.4, -0.2) is 29.1 Å². The molecule has 0 spiro atoms. The van der Waals surface area contributed by atoms with Crippen LogP contribution < -0.4 is 10.2 Å². The van der Waals surface area contributed by atoms with Gasteiger partial charge in [0.1, 0.15) is 5.82 Å². The molecule has 1 N–H and O–H groups in total. The highest BCUT2D eigenvalue weighted by molar-refractivity contribution is 8.13. The van der Waals surface area contributed by atoms with Gasteiger partial charge in [-0.3, -0.25) is 0 Å². The van der Waals surface area contributed by atoms with Gasteiger partial charge in [0, 0.05) is 30.8 Å². The van der Waals surface area contributed by atoms with Gasteiger partial charge in [0.2, 0.25) is 0 Å². The Balaban J connectivity index is 0.000000197. The highest BCUT2D eigenvalue weighted by Crippen LogP contribution is 2.26. The summed E-state index contributed by atoms with van der Waals surface area (Å²) in [5.74, 6) is -0.133. The number of anilines is 1. The van der Waals surface area contributed by atoms with Crippen LogP contribution in [0.3, 0.4) is 0 Å². The van der Waals surface area contributed by atoms with Crippen molar-refractivity contribution in [2.24, 2.45) is 0 Å². The molecule has 0 aromatic heterocycles. The lowest BCUT2D eigenvalue weighted by Gasteiger charge is -2.16. The predicted molar refractivity (Wildman–Crippen MR) is 105 cm³/mol. The fourth-order valence-electron chi connectivity index (χ4n) is 2.77. The molecule has 0 radical (unpaired) electrons. The van der Waals surface area contributed by atoms with E-state index in [2.05, 4.69) is 5.32 Å². The average molecular weight is 399 g/mol. The Morgan fingerprint density at radius 1 is 1.15 bits per heavy atom. The maximum Gasteiger partial charge on any atom is 0.261 e. The molecule has 1 atom stereocenters. The van der Waals surface area contributed by atoms with Crippen molar-refractivity contribution in [2.45, 2.75) is 30.7 Å². The highest BCUT2D eigenvalue weighted by atomic mass is 35.7. The lowest BCUT2D eigenvalue weighted by molar-refractivity contribution is 0.605. The van der Waals surface area contributed by atoms with Crippen LogP contribution in [0.2, 0.25) is 0 Å². The first-order valence-corrected chi connectivity index (χ1v) is 10.7. The number of hydrogen-bond acceptors (Lipinski definition) is 4. The van der Waals surface area contributed by atoms with Crippen LogP contribution in [0.5, 0.6) is 0 Å². The molecule has 7 heteroatoms. The fraction of sp³-hybridized carbons (Fsp3) is 0.368. The number of aryl methyl sites for hydroxylation is 1. The Hall–Kier alpha value is -1.63. The Labute approximate surface area is 159 Å². The van der Waals surface area contributed by atoms with E-state index >= 15 is 0 Å². The van der Waals surface area contributed by atoms with Crippen LogP contribution in [0.4, 0.5) is 10.1 Å². The molecule has 1 heterocycles. The summed E-state index contributed by atoms with van der Waals surface area (Å²) >= 11 is 0. The van der Waals surface area contributed by atoms with E-state index < -0.39 is 9.05 Å². The van der Waals surface area contributed by atoms with Gasteiger partial charge in [0.05, 0.1) is 10.6 Å². The van der Waals surface area contributed by atoms with Crippen LogP contribution in [-0.2, 0) is 9.05 Å². The van der Waals surface area contributed by atoms with E-state index in [1.54, 1.807) is 23.1 Å². The summed E-state index contributed by atoms with van der Waals surface area (Å²) in [4.78, 5) is 1.94. The lowest BCUT2D eigenvalue weighted by Crippen LogP contribution is -2.14. The SMILES string of the molecule is CN(C)c1ccc(C2CCCN2)cc1F.Cc1ccc(S(=O)(=O)Cl)cc1. The molecule has 1 aliphatic heterocycles. The summed E-state index contributed by atoms with van der Waals surface area (Å²) < 4.78 is 35.1. The molecule has 0 bridgehead atoms. The van der Waals surface area contributed by atoms with Crippen LogP contribution in [0.25, 0.3) is 0 Å². The first kappa shape index (κ1) is 20.7. The fourth-order valence-corrected chi connectivity index (χ4v) is 3.54. The molecule has 0 aliphatic carbocycles. The van der Waals surface area contributed by atoms with Gasteiger partial charge in [-0.05, 0) is 56.1 Å². The van der Waals surface area contributed by atoms with Gasteiger partial charge < -0.3 is 10.2 Å². The lowest BCUT2D eigenvalue weighted by atomic mass is 10.0. The second-order valence-electron chi connectivity index (χ2n) is 6.51. The van der Waals surface area contributed by atoms with Gasteiger partial charge in [0.25, 0.3) is 9.05 Å². The second kappa shape index (κ2) is 8.84. The van der Waals surface area contributed by atoms with Crippen molar-refractivity contribution in [1.82, 2.24) is 5.32 Å². The number of rotatable bonds is 3. The molecule has 142 valence electrons. The van der Waals surface area contributed by atoms with Crippen LogP contribution in [0.1, 0.15) is 30.0 Å². The average Bonchev–Trinajstić information content (AvgIpc) is 3.09. The minimum atomic E-state index is -3.55. The van der Waals surface area contributed by atoms with Crippen molar-refractivity contribution in [3.05, 3.63) is 59.4 Å². The minimum absolute atomic E-state index is 0.133. The predicted octanol–water partition coefficient (Wildman–Crippen LogP) is 4.24. The molecule has 1 unspecified atom stereocenters. The van der Waals surface area contributed by atoms with Crippen LogP contribution in [0.15, 0.2) is 47.4 Å². The molecule has 2 aromatic carbocycles. The first-order valence-electron chi connectivity index (χ1n) is 8.40. The molecule has 1 fully saturated rings. The number of benzene rings is 2. The maximum atomic E-state index is 13.7. The highest BCUT2D eigenvalue weighted by Gasteiger charge is 2.17. The van der Waals surface area contributed by atoms with Crippen molar-refractivity contribution >= 4 is 25.4 Å².